The Bertz CT molecular complexity index is 402. The Morgan fingerprint density at radius 3 is 2.50 bits per heavy atom. The zero-order valence-corrected chi connectivity index (χ0v) is 7.17. The van der Waals surface area contributed by atoms with E-state index in [2.05, 4.69) is 0 Å². The van der Waals surface area contributed by atoms with Gasteiger partial charge in [-0.15, -0.1) is 0 Å². The second kappa shape index (κ2) is 3.01. The third kappa shape index (κ3) is 1.45. The normalized spacial score (nSPS) is 15.6. The first-order chi connectivity index (χ1) is 6.59. The lowest BCUT2D eigenvalue weighted by Gasteiger charge is -2.01. The molecule has 0 unspecified atom stereocenters. The van der Waals surface area contributed by atoms with Gasteiger partial charge in [0, 0.05) is 11.6 Å². The number of nitro benzene ring substituents is 1. The highest BCUT2D eigenvalue weighted by molar-refractivity contribution is 5.45. The van der Waals surface area contributed by atoms with Crippen LogP contribution in [-0.2, 0) is 0 Å². The fraction of sp³-hybridized carbons (Fsp3) is 0.333. The average Bonchev–Trinajstić information content (AvgIpc) is 2.82. The molecule has 1 aromatic rings. The van der Waals surface area contributed by atoms with E-state index >= 15 is 0 Å². The van der Waals surface area contributed by atoms with Crippen molar-refractivity contribution in [1.82, 2.24) is 0 Å². The largest absolute Gasteiger partial charge is 0.308 e. The second-order valence-electron chi connectivity index (χ2n) is 3.36. The van der Waals surface area contributed by atoms with Crippen LogP contribution in [0.4, 0.5) is 14.5 Å². The molecule has 74 valence electrons. The second-order valence-corrected chi connectivity index (χ2v) is 3.36. The van der Waals surface area contributed by atoms with Crippen molar-refractivity contribution in [3.05, 3.63) is 39.4 Å². The van der Waals surface area contributed by atoms with Gasteiger partial charge in [-0.25, -0.2) is 4.39 Å². The zero-order chi connectivity index (χ0) is 10.3. The van der Waals surface area contributed by atoms with Crippen molar-refractivity contribution in [1.29, 1.82) is 0 Å². The summed E-state index contributed by atoms with van der Waals surface area (Å²) in [6.07, 6.45) is 1.54. The van der Waals surface area contributed by atoms with Crippen molar-refractivity contribution in [3.8, 4) is 0 Å². The monoisotopic (exact) mass is 199 g/mol. The van der Waals surface area contributed by atoms with Crippen LogP contribution in [0.3, 0.4) is 0 Å². The highest BCUT2D eigenvalue weighted by atomic mass is 19.1. The van der Waals surface area contributed by atoms with Gasteiger partial charge in [-0.1, -0.05) is 0 Å². The van der Waals surface area contributed by atoms with E-state index in [1.165, 1.54) is 0 Å². The maximum absolute atomic E-state index is 13.1. The van der Waals surface area contributed by atoms with Gasteiger partial charge in [0.25, 0.3) is 0 Å². The van der Waals surface area contributed by atoms with E-state index in [9.17, 15) is 18.9 Å². The molecular formula is C9H7F2NO2. The van der Waals surface area contributed by atoms with Crippen LogP contribution < -0.4 is 0 Å². The Kier molecular flexibility index (Phi) is 1.94. The van der Waals surface area contributed by atoms with E-state index < -0.39 is 22.2 Å². The number of nitrogens with zero attached hydrogens (tertiary/aromatic N) is 1. The van der Waals surface area contributed by atoms with Crippen LogP contribution >= 0.6 is 0 Å². The number of nitro groups is 1. The van der Waals surface area contributed by atoms with Gasteiger partial charge in [0.2, 0.25) is 5.82 Å². The summed E-state index contributed by atoms with van der Waals surface area (Å²) in [7, 11) is 0. The molecule has 1 saturated carbocycles. The number of benzene rings is 1. The van der Waals surface area contributed by atoms with E-state index in [1.54, 1.807) is 0 Å². The first-order valence-electron chi connectivity index (χ1n) is 4.23. The lowest BCUT2D eigenvalue weighted by atomic mass is 10.1. The van der Waals surface area contributed by atoms with E-state index in [0.29, 0.717) is 6.07 Å². The molecule has 0 heterocycles. The fourth-order valence-electron chi connectivity index (χ4n) is 1.48. The maximum atomic E-state index is 13.1. The number of hydrogen-bond donors (Lipinski definition) is 0. The van der Waals surface area contributed by atoms with Gasteiger partial charge in [-0.2, -0.15) is 4.39 Å². The lowest BCUT2D eigenvalue weighted by molar-refractivity contribution is -0.388. The van der Waals surface area contributed by atoms with Crippen molar-refractivity contribution in [2.24, 2.45) is 0 Å². The molecule has 3 nitrogen and oxygen atoms in total. The Morgan fingerprint density at radius 2 is 2.00 bits per heavy atom. The average molecular weight is 199 g/mol. The van der Waals surface area contributed by atoms with E-state index in [-0.39, 0.29) is 11.5 Å². The molecule has 1 aliphatic rings. The van der Waals surface area contributed by atoms with Crippen LogP contribution in [0.25, 0.3) is 0 Å². The molecule has 1 aromatic carbocycles. The molecule has 0 spiro atoms. The lowest BCUT2D eigenvalue weighted by Crippen LogP contribution is -1.99. The van der Waals surface area contributed by atoms with Crippen LogP contribution in [0.1, 0.15) is 24.3 Å². The number of rotatable bonds is 2. The summed E-state index contributed by atoms with van der Waals surface area (Å²) >= 11 is 0. The molecule has 0 amide bonds. The van der Waals surface area contributed by atoms with Crippen molar-refractivity contribution in [3.63, 3.8) is 0 Å². The van der Waals surface area contributed by atoms with Gasteiger partial charge >= 0.3 is 5.69 Å². The Hall–Kier alpha value is -1.52. The van der Waals surface area contributed by atoms with Gasteiger partial charge in [0.1, 0.15) is 5.82 Å². The van der Waals surface area contributed by atoms with Crippen molar-refractivity contribution < 1.29 is 13.7 Å². The minimum Gasteiger partial charge on any atom is -0.258 e. The molecule has 0 aromatic heterocycles. The minimum atomic E-state index is -1.09. The molecule has 5 heteroatoms. The van der Waals surface area contributed by atoms with E-state index in [4.69, 9.17) is 0 Å². The highest BCUT2D eigenvalue weighted by Crippen LogP contribution is 2.45. The Labute approximate surface area is 78.5 Å². The molecule has 0 saturated heterocycles. The summed E-state index contributed by atoms with van der Waals surface area (Å²) in [5, 5.41) is 10.5. The van der Waals surface area contributed by atoms with Crippen LogP contribution in [-0.4, -0.2) is 4.92 Å². The van der Waals surface area contributed by atoms with Crippen LogP contribution in [0, 0.1) is 21.7 Å². The number of halogens is 2. The molecule has 0 aliphatic heterocycles. The van der Waals surface area contributed by atoms with Crippen molar-refractivity contribution in [2.45, 2.75) is 18.8 Å². The first-order valence-corrected chi connectivity index (χ1v) is 4.23. The Morgan fingerprint density at radius 1 is 1.36 bits per heavy atom. The molecule has 0 N–H and O–H groups in total. The molecule has 1 aliphatic carbocycles. The van der Waals surface area contributed by atoms with E-state index in [1.807, 2.05) is 0 Å². The van der Waals surface area contributed by atoms with Gasteiger partial charge in [0.15, 0.2) is 0 Å². The predicted molar refractivity (Wildman–Crippen MR) is 45.0 cm³/mol. The van der Waals surface area contributed by atoms with Gasteiger partial charge in [-0.05, 0) is 24.8 Å². The molecule has 1 fully saturated rings. The summed E-state index contributed by atoms with van der Waals surface area (Å²) in [5.41, 5.74) is -0.388. The van der Waals surface area contributed by atoms with E-state index in [0.717, 1.165) is 18.9 Å². The fourth-order valence-corrected chi connectivity index (χ4v) is 1.48. The molecule has 0 atom stereocenters. The van der Waals surface area contributed by atoms with Crippen LogP contribution in [0.15, 0.2) is 12.1 Å². The first kappa shape index (κ1) is 9.05. The molecule has 14 heavy (non-hydrogen) atoms. The Balaban J connectivity index is 2.58. The molecular weight excluding hydrogens is 192 g/mol. The highest BCUT2D eigenvalue weighted by Gasteiger charge is 2.33. The maximum Gasteiger partial charge on any atom is 0.308 e. The minimum absolute atomic E-state index is 0.0411. The summed E-state index contributed by atoms with van der Waals surface area (Å²) < 4.78 is 25.9. The predicted octanol–water partition coefficient (Wildman–Crippen LogP) is 2.75. The topological polar surface area (TPSA) is 43.1 Å². The molecule has 0 radical (unpaired) electrons. The third-order valence-corrected chi connectivity index (χ3v) is 2.26. The quantitative estimate of drug-likeness (QED) is 0.542. The summed E-state index contributed by atoms with van der Waals surface area (Å²) in [6, 6.07) is 1.60. The van der Waals surface area contributed by atoms with Crippen LogP contribution in [0.5, 0.6) is 0 Å². The molecule has 2 rings (SSSR count). The van der Waals surface area contributed by atoms with Crippen LogP contribution in [0.2, 0.25) is 0 Å². The molecule has 0 bridgehead atoms. The zero-order valence-electron chi connectivity index (χ0n) is 7.17. The summed E-state index contributed by atoms with van der Waals surface area (Å²) in [5.74, 6) is -1.88. The standard InChI is InChI=1S/C9H7F2NO2/c10-6-3-7(5-1-2-5)9(12(13)14)8(11)4-6/h3-5H,1-2H2. The van der Waals surface area contributed by atoms with Gasteiger partial charge in [0.05, 0.1) is 4.92 Å². The summed E-state index contributed by atoms with van der Waals surface area (Å²) in [4.78, 5) is 9.74. The van der Waals surface area contributed by atoms with Gasteiger partial charge in [-0.3, -0.25) is 10.1 Å². The number of hydrogen-bond acceptors (Lipinski definition) is 2. The van der Waals surface area contributed by atoms with Crippen molar-refractivity contribution in [2.75, 3.05) is 0 Å². The smallest absolute Gasteiger partial charge is 0.258 e. The SMILES string of the molecule is O=[N+]([O-])c1c(F)cc(F)cc1C1CC1. The summed E-state index contributed by atoms with van der Waals surface area (Å²) in [6.45, 7) is 0. The van der Waals surface area contributed by atoms with Gasteiger partial charge < -0.3 is 0 Å². The van der Waals surface area contributed by atoms with Crippen molar-refractivity contribution >= 4 is 5.69 Å². The third-order valence-electron chi connectivity index (χ3n) is 2.26.